The second-order valence-corrected chi connectivity index (χ2v) is 6.81. The summed E-state index contributed by atoms with van der Waals surface area (Å²) in [6, 6.07) is 0. The van der Waals surface area contributed by atoms with Gasteiger partial charge in [0.15, 0.2) is 0 Å². The van der Waals surface area contributed by atoms with Gasteiger partial charge in [-0.3, -0.25) is 4.68 Å². The van der Waals surface area contributed by atoms with Crippen molar-refractivity contribution in [2.45, 2.75) is 52.1 Å². The second-order valence-electron chi connectivity index (χ2n) is 5.96. The lowest BCUT2D eigenvalue weighted by Crippen LogP contribution is -2.36. The molecule has 1 N–H and O–H groups in total. The normalized spacial score (nSPS) is 13.8. The van der Waals surface area contributed by atoms with Gasteiger partial charge >= 0.3 is 0 Å². The quantitative estimate of drug-likeness (QED) is 0.834. The molecular weight excluding hydrogens is 306 g/mol. The third-order valence-electron chi connectivity index (χ3n) is 3.04. The van der Waals surface area contributed by atoms with Crippen LogP contribution in [0.3, 0.4) is 0 Å². The van der Waals surface area contributed by atoms with E-state index in [1.807, 2.05) is 10.9 Å². The van der Waals surface area contributed by atoms with Crippen LogP contribution < -0.4 is 5.32 Å². The zero-order valence-corrected chi connectivity index (χ0v) is 14.2. The van der Waals surface area contributed by atoms with Crippen LogP contribution in [0.5, 0.6) is 0 Å². The third-order valence-corrected chi connectivity index (χ3v) is 3.65. The van der Waals surface area contributed by atoms with Crippen molar-refractivity contribution < 1.29 is 4.74 Å². The predicted octanol–water partition coefficient (Wildman–Crippen LogP) is 3.17. The van der Waals surface area contributed by atoms with E-state index < -0.39 is 0 Å². The molecule has 0 aromatic carbocycles. The largest absolute Gasteiger partial charge is 0.383 e. The number of nitrogens with one attached hydrogen (secondary N) is 1. The fourth-order valence-corrected chi connectivity index (χ4v) is 2.71. The van der Waals surface area contributed by atoms with Crippen molar-refractivity contribution >= 4 is 15.9 Å². The fourth-order valence-electron chi connectivity index (χ4n) is 2.02. The molecule has 0 aliphatic heterocycles. The maximum Gasteiger partial charge on any atom is 0.0658 e. The Kier molecular flexibility index (Phi) is 6.50. The van der Waals surface area contributed by atoms with E-state index in [0.29, 0.717) is 12.5 Å². The van der Waals surface area contributed by atoms with Gasteiger partial charge in [-0.25, -0.2) is 0 Å². The number of aromatic nitrogens is 2. The molecule has 0 fully saturated rings. The van der Waals surface area contributed by atoms with Gasteiger partial charge < -0.3 is 10.1 Å². The first-order valence-electron chi connectivity index (χ1n) is 6.80. The molecule has 5 heteroatoms. The molecule has 0 amide bonds. The molecule has 0 saturated heterocycles. The summed E-state index contributed by atoms with van der Waals surface area (Å²) in [6.07, 6.45) is 2.97. The Morgan fingerprint density at radius 2 is 2.16 bits per heavy atom. The van der Waals surface area contributed by atoms with Gasteiger partial charge in [-0.05, 0) is 49.7 Å². The van der Waals surface area contributed by atoms with Crippen LogP contribution in [0.1, 0.15) is 45.7 Å². The molecule has 0 spiro atoms. The van der Waals surface area contributed by atoms with Crippen molar-refractivity contribution in [3.8, 4) is 0 Å². The molecule has 0 bridgehead atoms. The molecule has 0 saturated carbocycles. The molecule has 1 aromatic rings. The molecule has 1 rings (SSSR count). The van der Waals surface area contributed by atoms with E-state index in [1.54, 1.807) is 7.11 Å². The van der Waals surface area contributed by atoms with Crippen LogP contribution in [0.25, 0.3) is 0 Å². The number of nitrogens with zero attached hydrogens (tertiary/aromatic N) is 2. The first-order valence-corrected chi connectivity index (χ1v) is 7.59. The Morgan fingerprint density at radius 3 is 2.74 bits per heavy atom. The highest BCUT2D eigenvalue weighted by Gasteiger charge is 2.17. The second kappa shape index (κ2) is 7.41. The minimum absolute atomic E-state index is 0.174. The van der Waals surface area contributed by atoms with Gasteiger partial charge in [-0.1, -0.05) is 6.92 Å². The molecule has 1 unspecified atom stereocenters. The summed E-state index contributed by atoms with van der Waals surface area (Å²) in [4.78, 5) is 0. The molecular formula is C14H26BrN3O. The molecule has 0 aliphatic carbocycles. The van der Waals surface area contributed by atoms with Crippen molar-refractivity contribution in [1.29, 1.82) is 0 Å². The zero-order chi connectivity index (χ0) is 14.5. The van der Waals surface area contributed by atoms with Crippen LogP contribution >= 0.6 is 15.9 Å². The van der Waals surface area contributed by atoms with Gasteiger partial charge in [-0.2, -0.15) is 5.10 Å². The Hall–Kier alpha value is -0.390. The van der Waals surface area contributed by atoms with Crippen LogP contribution in [-0.4, -0.2) is 35.6 Å². The van der Waals surface area contributed by atoms with E-state index >= 15 is 0 Å². The van der Waals surface area contributed by atoms with Crippen LogP contribution in [0.4, 0.5) is 0 Å². The number of hydrogen-bond acceptors (Lipinski definition) is 3. The summed E-state index contributed by atoms with van der Waals surface area (Å²) in [7, 11) is 1.72. The first kappa shape index (κ1) is 16.7. The number of ether oxygens (including phenoxy) is 1. The van der Waals surface area contributed by atoms with Gasteiger partial charge in [0, 0.05) is 18.6 Å². The first-order chi connectivity index (χ1) is 8.85. The highest BCUT2D eigenvalue weighted by Crippen LogP contribution is 2.27. The number of rotatable bonds is 7. The SMILES string of the molecule is COCCn1ncc(Br)c1C(C)CCNC(C)(C)C. The average Bonchev–Trinajstić information content (AvgIpc) is 2.66. The van der Waals surface area contributed by atoms with Crippen molar-refractivity contribution in [3.05, 3.63) is 16.4 Å². The molecule has 1 atom stereocenters. The summed E-state index contributed by atoms with van der Waals surface area (Å²) < 4.78 is 8.25. The average molecular weight is 332 g/mol. The lowest BCUT2D eigenvalue weighted by molar-refractivity contribution is 0.182. The summed E-state index contributed by atoms with van der Waals surface area (Å²) in [5, 5.41) is 7.93. The van der Waals surface area contributed by atoms with Gasteiger partial charge in [0.25, 0.3) is 0 Å². The lowest BCUT2D eigenvalue weighted by Gasteiger charge is -2.22. The van der Waals surface area contributed by atoms with Crippen LogP contribution in [0, 0.1) is 0 Å². The number of halogens is 1. The van der Waals surface area contributed by atoms with Crippen molar-refractivity contribution in [1.82, 2.24) is 15.1 Å². The Morgan fingerprint density at radius 1 is 1.47 bits per heavy atom. The fraction of sp³-hybridized carbons (Fsp3) is 0.786. The van der Waals surface area contributed by atoms with Gasteiger partial charge in [0.2, 0.25) is 0 Å². The summed E-state index contributed by atoms with van der Waals surface area (Å²) in [5.41, 5.74) is 1.43. The maximum absolute atomic E-state index is 5.13. The highest BCUT2D eigenvalue weighted by molar-refractivity contribution is 9.10. The summed E-state index contributed by atoms with van der Waals surface area (Å²) >= 11 is 3.60. The smallest absolute Gasteiger partial charge is 0.0658 e. The Balaban J connectivity index is 2.60. The minimum Gasteiger partial charge on any atom is -0.383 e. The van der Waals surface area contributed by atoms with Crippen molar-refractivity contribution in [2.24, 2.45) is 0 Å². The van der Waals surface area contributed by atoms with Gasteiger partial charge in [0.1, 0.15) is 0 Å². The van der Waals surface area contributed by atoms with Crippen molar-refractivity contribution in [3.63, 3.8) is 0 Å². The van der Waals surface area contributed by atoms with Crippen molar-refractivity contribution in [2.75, 3.05) is 20.3 Å². The van der Waals surface area contributed by atoms with E-state index in [0.717, 1.165) is 24.0 Å². The maximum atomic E-state index is 5.13. The Labute approximate surface area is 125 Å². The van der Waals surface area contributed by atoms with Crippen LogP contribution in [0.2, 0.25) is 0 Å². The topological polar surface area (TPSA) is 39.1 Å². The number of methoxy groups -OCH3 is 1. The summed E-state index contributed by atoms with van der Waals surface area (Å²) in [5.74, 6) is 0.462. The minimum atomic E-state index is 0.174. The van der Waals surface area contributed by atoms with E-state index in [1.165, 1.54) is 5.69 Å². The third kappa shape index (κ3) is 5.63. The molecule has 110 valence electrons. The van der Waals surface area contributed by atoms with Crippen LogP contribution in [-0.2, 0) is 11.3 Å². The van der Waals surface area contributed by atoms with E-state index in [4.69, 9.17) is 4.74 Å². The standard InChI is InChI=1S/C14H26BrN3O/c1-11(6-7-16-14(2,3)4)13-12(15)10-17-18(13)8-9-19-5/h10-11,16H,6-9H2,1-5H3. The van der Waals surface area contributed by atoms with E-state index in [9.17, 15) is 0 Å². The predicted molar refractivity (Wildman–Crippen MR) is 82.6 cm³/mol. The highest BCUT2D eigenvalue weighted by atomic mass is 79.9. The molecule has 19 heavy (non-hydrogen) atoms. The monoisotopic (exact) mass is 331 g/mol. The number of hydrogen-bond donors (Lipinski definition) is 1. The summed E-state index contributed by atoms with van der Waals surface area (Å²) in [6.45, 7) is 11.3. The molecule has 0 radical (unpaired) electrons. The molecule has 4 nitrogen and oxygen atoms in total. The Bertz CT molecular complexity index is 385. The lowest BCUT2D eigenvalue weighted by atomic mass is 10.0. The molecule has 1 heterocycles. The molecule has 1 aromatic heterocycles. The van der Waals surface area contributed by atoms with Gasteiger partial charge in [-0.15, -0.1) is 0 Å². The van der Waals surface area contributed by atoms with E-state index in [-0.39, 0.29) is 5.54 Å². The van der Waals surface area contributed by atoms with E-state index in [2.05, 4.69) is 54.0 Å². The van der Waals surface area contributed by atoms with Gasteiger partial charge in [0.05, 0.1) is 29.5 Å². The zero-order valence-electron chi connectivity index (χ0n) is 12.7. The van der Waals surface area contributed by atoms with Crippen LogP contribution in [0.15, 0.2) is 10.7 Å². The molecule has 0 aliphatic rings.